The molecule has 2 atom stereocenters. The molecule has 1 N–H and O–H groups in total. The first-order valence-corrected chi connectivity index (χ1v) is 9.56. The number of hydrogen-bond donors (Lipinski definition) is 1. The molecule has 0 bridgehead atoms. The second-order valence-electron chi connectivity index (χ2n) is 6.48. The molecule has 26 heavy (non-hydrogen) atoms. The highest BCUT2D eigenvalue weighted by Crippen LogP contribution is 2.39. The average molecular weight is 376 g/mol. The minimum absolute atomic E-state index is 0.0523. The number of likely N-dealkylation sites (tertiary alicyclic amines) is 1. The molecule has 6 heteroatoms. The third-order valence-corrected chi connectivity index (χ3v) is 5.83. The fourth-order valence-corrected chi connectivity index (χ4v) is 4.40. The van der Waals surface area contributed by atoms with Crippen molar-refractivity contribution in [1.82, 2.24) is 10.2 Å². The first kappa shape index (κ1) is 18.9. The molecule has 0 spiro atoms. The Balaban J connectivity index is 1.84. The van der Waals surface area contributed by atoms with E-state index in [9.17, 15) is 13.6 Å². The number of nitrogens with one attached hydrogen (secondary N) is 1. The van der Waals surface area contributed by atoms with Gasteiger partial charge in [-0.15, -0.1) is 11.8 Å². The van der Waals surface area contributed by atoms with E-state index in [4.69, 9.17) is 0 Å². The van der Waals surface area contributed by atoms with E-state index in [0.29, 0.717) is 19.0 Å². The number of carbonyl (C=O) groups is 1. The van der Waals surface area contributed by atoms with Gasteiger partial charge >= 0.3 is 0 Å². The van der Waals surface area contributed by atoms with E-state index in [1.165, 1.54) is 0 Å². The van der Waals surface area contributed by atoms with Gasteiger partial charge in [-0.1, -0.05) is 30.3 Å². The summed E-state index contributed by atoms with van der Waals surface area (Å²) in [4.78, 5) is 15.2. The van der Waals surface area contributed by atoms with Crippen molar-refractivity contribution >= 4 is 17.7 Å². The molecule has 1 saturated heterocycles. The second kappa shape index (κ2) is 8.64. The van der Waals surface area contributed by atoms with Gasteiger partial charge in [-0.25, -0.2) is 8.78 Å². The summed E-state index contributed by atoms with van der Waals surface area (Å²) in [5.74, 6) is -0.650. The van der Waals surface area contributed by atoms with Gasteiger partial charge in [0.2, 0.25) is 5.91 Å². The molecule has 0 saturated carbocycles. The van der Waals surface area contributed by atoms with Gasteiger partial charge in [0.05, 0.1) is 0 Å². The van der Waals surface area contributed by atoms with E-state index in [-0.39, 0.29) is 10.8 Å². The van der Waals surface area contributed by atoms with Crippen molar-refractivity contribution in [2.24, 2.45) is 5.92 Å². The van der Waals surface area contributed by atoms with Crippen LogP contribution in [0, 0.1) is 17.6 Å². The standard InChI is InChI=1S/C20H22F2N2OS/c1-23-12-14-9-10-24(13-14)20(25)19(15-5-3-2-4-6-15)26-18-11-16(21)7-8-17(18)22/h2-8,11,14,19,23H,9-10,12-13H2,1H3. The zero-order chi connectivity index (χ0) is 18.5. The fourth-order valence-electron chi connectivity index (χ4n) is 3.24. The van der Waals surface area contributed by atoms with Crippen molar-refractivity contribution < 1.29 is 13.6 Å². The van der Waals surface area contributed by atoms with Crippen LogP contribution in [0.1, 0.15) is 17.2 Å². The summed E-state index contributed by atoms with van der Waals surface area (Å²) < 4.78 is 27.7. The van der Waals surface area contributed by atoms with Gasteiger partial charge in [0.25, 0.3) is 0 Å². The highest BCUT2D eigenvalue weighted by atomic mass is 32.2. The maximum atomic E-state index is 14.1. The Hall–Kier alpha value is -1.92. The van der Waals surface area contributed by atoms with Crippen LogP contribution in [-0.4, -0.2) is 37.5 Å². The Morgan fingerprint density at radius 1 is 1.27 bits per heavy atom. The number of amides is 1. The Labute approximate surface area is 156 Å². The molecule has 138 valence electrons. The Morgan fingerprint density at radius 3 is 2.77 bits per heavy atom. The van der Waals surface area contributed by atoms with Crippen LogP contribution < -0.4 is 5.32 Å². The molecule has 1 amide bonds. The molecule has 1 fully saturated rings. The number of nitrogens with zero attached hydrogens (tertiary/aromatic N) is 1. The lowest BCUT2D eigenvalue weighted by molar-refractivity contribution is -0.129. The van der Waals surface area contributed by atoms with Crippen LogP contribution in [0.15, 0.2) is 53.4 Å². The maximum Gasteiger partial charge on any atom is 0.240 e. The van der Waals surface area contributed by atoms with Crippen LogP contribution >= 0.6 is 11.8 Å². The summed E-state index contributed by atoms with van der Waals surface area (Å²) in [5, 5.41) is 2.55. The van der Waals surface area contributed by atoms with Crippen LogP contribution in [0.4, 0.5) is 8.78 Å². The molecular formula is C20H22F2N2OS. The van der Waals surface area contributed by atoms with E-state index in [2.05, 4.69) is 5.32 Å². The molecule has 1 heterocycles. The summed E-state index contributed by atoms with van der Waals surface area (Å²) in [6, 6.07) is 12.6. The topological polar surface area (TPSA) is 32.3 Å². The molecule has 1 aliphatic rings. The first-order chi connectivity index (χ1) is 12.6. The van der Waals surface area contributed by atoms with Gasteiger partial charge in [0.15, 0.2) is 0 Å². The Kier molecular flexibility index (Phi) is 6.27. The third kappa shape index (κ3) is 4.43. The smallest absolute Gasteiger partial charge is 0.240 e. The average Bonchev–Trinajstić information content (AvgIpc) is 3.11. The van der Waals surface area contributed by atoms with Crippen molar-refractivity contribution in [3.63, 3.8) is 0 Å². The third-order valence-electron chi connectivity index (χ3n) is 4.56. The van der Waals surface area contributed by atoms with Gasteiger partial charge in [0, 0.05) is 18.0 Å². The lowest BCUT2D eigenvalue weighted by Gasteiger charge is -2.24. The van der Waals surface area contributed by atoms with E-state index in [0.717, 1.165) is 48.5 Å². The summed E-state index contributed by atoms with van der Waals surface area (Å²) in [5.41, 5.74) is 0.795. The Bertz CT molecular complexity index is 757. The summed E-state index contributed by atoms with van der Waals surface area (Å²) in [7, 11) is 1.90. The van der Waals surface area contributed by atoms with Crippen molar-refractivity contribution in [2.75, 3.05) is 26.7 Å². The lowest BCUT2D eigenvalue weighted by Crippen LogP contribution is -2.33. The van der Waals surface area contributed by atoms with Crippen LogP contribution in [0.3, 0.4) is 0 Å². The van der Waals surface area contributed by atoms with E-state index >= 15 is 0 Å². The van der Waals surface area contributed by atoms with E-state index < -0.39 is 16.9 Å². The number of carbonyl (C=O) groups excluding carboxylic acids is 1. The quantitative estimate of drug-likeness (QED) is 0.777. The zero-order valence-corrected chi connectivity index (χ0v) is 15.4. The van der Waals surface area contributed by atoms with E-state index in [1.807, 2.05) is 42.3 Å². The lowest BCUT2D eigenvalue weighted by atomic mass is 10.1. The predicted molar refractivity (Wildman–Crippen MR) is 100 cm³/mol. The van der Waals surface area contributed by atoms with Crippen LogP contribution in [-0.2, 0) is 4.79 Å². The van der Waals surface area contributed by atoms with E-state index in [1.54, 1.807) is 0 Å². The van der Waals surface area contributed by atoms with Gasteiger partial charge in [-0.3, -0.25) is 4.79 Å². The maximum absolute atomic E-state index is 14.1. The molecule has 2 unspecified atom stereocenters. The molecule has 2 aromatic rings. The number of thioether (sulfide) groups is 1. The van der Waals surface area contributed by atoms with Crippen LogP contribution in [0.2, 0.25) is 0 Å². The summed E-state index contributed by atoms with van der Waals surface area (Å²) >= 11 is 1.07. The van der Waals surface area contributed by atoms with Gasteiger partial charge in [0.1, 0.15) is 16.9 Å². The van der Waals surface area contributed by atoms with Gasteiger partial charge in [-0.2, -0.15) is 0 Å². The Morgan fingerprint density at radius 2 is 2.04 bits per heavy atom. The minimum Gasteiger partial charge on any atom is -0.341 e. The monoisotopic (exact) mass is 376 g/mol. The predicted octanol–water partition coefficient (Wildman–Crippen LogP) is 3.87. The van der Waals surface area contributed by atoms with Crippen molar-refractivity contribution in [3.05, 3.63) is 65.7 Å². The minimum atomic E-state index is -0.596. The molecule has 0 aliphatic carbocycles. The number of hydrogen-bond acceptors (Lipinski definition) is 3. The number of halogens is 2. The molecule has 0 radical (unpaired) electrons. The molecule has 1 aliphatic heterocycles. The first-order valence-electron chi connectivity index (χ1n) is 8.68. The SMILES string of the molecule is CNCC1CCN(C(=O)C(Sc2cc(F)ccc2F)c2ccccc2)C1. The van der Waals surface area contributed by atoms with Crippen molar-refractivity contribution in [1.29, 1.82) is 0 Å². The van der Waals surface area contributed by atoms with Crippen molar-refractivity contribution in [3.8, 4) is 0 Å². The van der Waals surface area contributed by atoms with Crippen molar-refractivity contribution in [2.45, 2.75) is 16.6 Å². The molecule has 3 nitrogen and oxygen atoms in total. The highest BCUT2D eigenvalue weighted by Gasteiger charge is 2.32. The zero-order valence-electron chi connectivity index (χ0n) is 14.6. The largest absolute Gasteiger partial charge is 0.341 e. The number of rotatable bonds is 6. The molecule has 3 rings (SSSR count). The molecule has 0 aromatic heterocycles. The fraction of sp³-hybridized carbons (Fsp3) is 0.350. The number of benzene rings is 2. The van der Waals surface area contributed by atoms with Crippen LogP contribution in [0.5, 0.6) is 0 Å². The molecular weight excluding hydrogens is 354 g/mol. The highest BCUT2D eigenvalue weighted by molar-refractivity contribution is 8.00. The van der Waals surface area contributed by atoms with Gasteiger partial charge in [-0.05, 0) is 49.7 Å². The summed E-state index contributed by atoms with van der Waals surface area (Å²) in [6.45, 7) is 2.25. The van der Waals surface area contributed by atoms with Gasteiger partial charge < -0.3 is 10.2 Å². The normalized spacial score (nSPS) is 18.1. The van der Waals surface area contributed by atoms with Crippen LogP contribution in [0.25, 0.3) is 0 Å². The molecule has 2 aromatic carbocycles. The summed E-state index contributed by atoms with van der Waals surface area (Å²) in [6.07, 6.45) is 0.951. The second-order valence-corrected chi connectivity index (χ2v) is 7.63.